The van der Waals surface area contributed by atoms with Crippen LogP contribution in [0.15, 0.2) is 18.3 Å². The van der Waals surface area contributed by atoms with E-state index in [9.17, 15) is 4.79 Å². The maximum Gasteiger partial charge on any atom is 0.254 e. The van der Waals surface area contributed by atoms with Crippen molar-refractivity contribution in [2.45, 2.75) is 26.3 Å². The number of pyridine rings is 1. The van der Waals surface area contributed by atoms with Crippen molar-refractivity contribution in [1.82, 2.24) is 9.88 Å². The number of carbonyl (C=O) groups is 1. The average molecular weight is 237 g/mol. The second kappa shape index (κ2) is 6.20. The van der Waals surface area contributed by atoms with Crippen molar-refractivity contribution < 1.29 is 9.90 Å². The quantitative estimate of drug-likeness (QED) is 0.797. The van der Waals surface area contributed by atoms with E-state index >= 15 is 0 Å². The van der Waals surface area contributed by atoms with Crippen LogP contribution < -0.4 is 5.73 Å². The molecule has 0 aliphatic carbocycles. The Bertz CT molecular complexity index is 380. The first-order valence-corrected chi connectivity index (χ1v) is 5.69. The van der Waals surface area contributed by atoms with Gasteiger partial charge in [0.15, 0.2) is 0 Å². The van der Waals surface area contributed by atoms with Crippen LogP contribution in [-0.2, 0) is 0 Å². The zero-order valence-corrected chi connectivity index (χ0v) is 10.3. The van der Waals surface area contributed by atoms with E-state index in [4.69, 9.17) is 10.8 Å². The summed E-state index contributed by atoms with van der Waals surface area (Å²) < 4.78 is 0. The van der Waals surface area contributed by atoms with Gasteiger partial charge in [-0.3, -0.25) is 4.79 Å². The minimum absolute atomic E-state index is 0.0784. The molecule has 0 aromatic carbocycles. The standard InChI is InChI=1S/C12H19N3O2/c1-9(2)15(6-3-7-16)12(17)10-4-5-14-11(13)8-10/h4-5,8-9,16H,3,6-7H2,1-2H3,(H2,13,14). The first-order valence-electron chi connectivity index (χ1n) is 5.69. The fraction of sp³-hybridized carbons (Fsp3) is 0.500. The average Bonchev–Trinajstić information content (AvgIpc) is 2.29. The van der Waals surface area contributed by atoms with Crippen LogP contribution >= 0.6 is 0 Å². The Kier molecular flexibility index (Phi) is 4.90. The third-order valence-corrected chi connectivity index (χ3v) is 2.47. The molecule has 0 spiro atoms. The summed E-state index contributed by atoms with van der Waals surface area (Å²) in [4.78, 5) is 17.8. The molecule has 5 nitrogen and oxygen atoms in total. The van der Waals surface area contributed by atoms with Crippen LogP contribution in [-0.4, -0.2) is 40.1 Å². The topological polar surface area (TPSA) is 79.5 Å². The van der Waals surface area contributed by atoms with E-state index in [1.807, 2.05) is 13.8 Å². The third-order valence-electron chi connectivity index (χ3n) is 2.47. The summed E-state index contributed by atoms with van der Waals surface area (Å²) >= 11 is 0. The Morgan fingerprint density at radius 3 is 2.82 bits per heavy atom. The molecule has 0 unspecified atom stereocenters. The molecule has 1 heterocycles. The van der Waals surface area contributed by atoms with Gasteiger partial charge in [-0.05, 0) is 32.4 Å². The smallest absolute Gasteiger partial charge is 0.254 e. The molecule has 0 atom stereocenters. The molecule has 17 heavy (non-hydrogen) atoms. The number of hydrogen-bond donors (Lipinski definition) is 2. The summed E-state index contributed by atoms with van der Waals surface area (Å²) in [7, 11) is 0. The Morgan fingerprint density at radius 1 is 1.59 bits per heavy atom. The van der Waals surface area contributed by atoms with E-state index in [1.54, 1.807) is 17.0 Å². The number of amides is 1. The van der Waals surface area contributed by atoms with Crippen molar-refractivity contribution in [3.63, 3.8) is 0 Å². The molecule has 1 aromatic rings. The van der Waals surface area contributed by atoms with Crippen molar-refractivity contribution in [3.8, 4) is 0 Å². The molecule has 1 rings (SSSR count). The SMILES string of the molecule is CC(C)N(CCCO)C(=O)c1ccnc(N)c1. The minimum atomic E-state index is -0.0810. The maximum absolute atomic E-state index is 12.2. The first-order chi connectivity index (χ1) is 8.06. The molecule has 94 valence electrons. The fourth-order valence-electron chi connectivity index (χ4n) is 1.58. The van der Waals surface area contributed by atoms with E-state index in [1.165, 1.54) is 6.20 Å². The molecule has 0 aliphatic rings. The van der Waals surface area contributed by atoms with Crippen LogP contribution in [0.5, 0.6) is 0 Å². The number of hydrogen-bond acceptors (Lipinski definition) is 4. The Morgan fingerprint density at radius 2 is 2.29 bits per heavy atom. The van der Waals surface area contributed by atoms with Crippen molar-refractivity contribution in [2.75, 3.05) is 18.9 Å². The lowest BCUT2D eigenvalue weighted by molar-refractivity contribution is 0.0693. The number of aliphatic hydroxyl groups is 1. The van der Waals surface area contributed by atoms with Gasteiger partial charge in [0.1, 0.15) is 5.82 Å². The van der Waals surface area contributed by atoms with E-state index in [0.29, 0.717) is 24.3 Å². The number of nitrogens with two attached hydrogens (primary N) is 1. The van der Waals surface area contributed by atoms with Gasteiger partial charge < -0.3 is 15.7 Å². The molecular formula is C12H19N3O2. The number of aliphatic hydroxyl groups excluding tert-OH is 1. The van der Waals surface area contributed by atoms with E-state index in [-0.39, 0.29) is 18.6 Å². The summed E-state index contributed by atoms with van der Waals surface area (Å²) in [6, 6.07) is 3.30. The second-order valence-electron chi connectivity index (χ2n) is 4.14. The first kappa shape index (κ1) is 13.4. The molecule has 0 fully saturated rings. The van der Waals surface area contributed by atoms with Crippen LogP contribution in [0.2, 0.25) is 0 Å². The maximum atomic E-state index is 12.2. The fourth-order valence-corrected chi connectivity index (χ4v) is 1.58. The number of nitrogen functional groups attached to an aromatic ring is 1. The number of carbonyl (C=O) groups excluding carboxylic acids is 1. The normalized spacial score (nSPS) is 10.6. The molecule has 3 N–H and O–H groups in total. The van der Waals surface area contributed by atoms with Gasteiger partial charge in [0.05, 0.1) is 0 Å². The monoisotopic (exact) mass is 237 g/mol. The Balaban J connectivity index is 2.84. The van der Waals surface area contributed by atoms with Crippen molar-refractivity contribution in [3.05, 3.63) is 23.9 Å². The molecule has 1 aromatic heterocycles. The summed E-state index contributed by atoms with van der Waals surface area (Å²) in [5, 5.41) is 8.83. The molecule has 1 amide bonds. The highest BCUT2D eigenvalue weighted by Crippen LogP contribution is 2.10. The zero-order valence-electron chi connectivity index (χ0n) is 10.3. The molecule has 5 heteroatoms. The van der Waals surface area contributed by atoms with Gasteiger partial charge in [0.25, 0.3) is 5.91 Å². The van der Waals surface area contributed by atoms with Crippen molar-refractivity contribution in [2.24, 2.45) is 0 Å². The number of anilines is 1. The highest BCUT2D eigenvalue weighted by molar-refractivity contribution is 5.94. The summed E-state index contributed by atoms with van der Waals surface area (Å²) in [6.45, 7) is 4.50. The van der Waals surface area contributed by atoms with Crippen LogP contribution in [0.4, 0.5) is 5.82 Å². The van der Waals surface area contributed by atoms with Crippen LogP contribution in [0.25, 0.3) is 0 Å². The summed E-state index contributed by atoms with van der Waals surface area (Å²) in [6.07, 6.45) is 2.09. The zero-order chi connectivity index (χ0) is 12.8. The van der Waals surface area contributed by atoms with Gasteiger partial charge in [-0.2, -0.15) is 0 Å². The Labute approximate surface area is 101 Å². The highest BCUT2D eigenvalue weighted by atomic mass is 16.3. The molecule has 0 saturated heterocycles. The molecule has 0 saturated carbocycles. The van der Waals surface area contributed by atoms with Crippen molar-refractivity contribution in [1.29, 1.82) is 0 Å². The third kappa shape index (κ3) is 3.71. The molecule has 0 radical (unpaired) electrons. The van der Waals surface area contributed by atoms with Crippen LogP contribution in [0.1, 0.15) is 30.6 Å². The summed E-state index contributed by atoms with van der Waals surface area (Å²) in [5.41, 5.74) is 6.08. The second-order valence-corrected chi connectivity index (χ2v) is 4.14. The van der Waals surface area contributed by atoms with Gasteiger partial charge in [0.2, 0.25) is 0 Å². The number of rotatable bonds is 5. The molecule has 0 aliphatic heterocycles. The highest BCUT2D eigenvalue weighted by Gasteiger charge is 2.18. The predicted molar refractivity (Wildman–Crippen MR) is 66.5 cm³/mol. The minimum Gasteiger partial charge on any atom is -0.396 e. The van der Waals surface area contributed by atoms with Gasteiger partial charge in [-0.1, -0.05) is 0 Å². The lowest BCUT2D eigenvalue weighted by Gasteiger charge is -2.26. The van der Waals surface area contributed by atoms with Crippen molar-refractivity contribution >= 4 is 11.7 Å². The van der Waals surface area contributed by atoms with Crippen LogP contribution in [0, 0.1) is 0 Å². The predicted octanol–water partition coefficient (Wildman–Crippen LogP) is 0.897. The van der Waals surface area contributed by atoms with E-state index in [0.717, 1.165) is 0 Å². The Hall–Kier alpha value is -1.62. The van der Waals surface area contributed by atoms with Gasteiger partial charge in [-0.25, -0.2) is 4.98 Å². The van der Waals surface area contributed by atoms with Gasteiger partial charge in [0, 0.05) is 31.0 Å². The van der Waals surface area contributed by atoms with Crippen LogP contribution in [0.3, 0.4) is 0 Å². The van der Waals surface area contributed by atoms with E-state index in [2.05, 4.69) is 4.98 Å². The number of aromatic nitrogens is 1. The molecular weight excluding hydrogens is 218 g/mol. The largest absolute Gasteiger partial charge is 0.396 e. The van der Waals surface area contributed by atoms with Gasteiger partial charge in [-0.15, -0.1) is 0 Å². The lowest BCUT2D eigenvalue weighted by Crippen LogP contribution is -2.38. The molecule has 0 bridgehead atoms. The lowest BCUT2D eigenvalue weighted by atomic mass is 10.2. The van der Waals surface area contributed by atoms with E-state index < -0.39 is 0 Å². The summed E-state index contributed by atoms with van der Waals surface area (Å²) in [5.74, 6) is 0.254. The van der Waals surface area contributed by atoms with Gasteiger partial charge >= 0.3 is 0 Å². The number of nitrogens with zero attached hydrogens (tertiary/aromatic N) is 2.